The molecule has 6 heterocycles. The Kier molecular flexibility index (Phi) is 11.3. The Balaban J connectivity index is 0.814. The first-order valence-electron chi connectivity index (χ1n) is 20.4. The smallest absolute Gasteiger partial charge is 0.271 e. The maximum absolute atomic E-state index is 13.6. The van der Waals surface area contributed by atoms with Gasteiger partial charge in [0.2, 0.25) is 17.7 Å². The van der Waals surface area contributed by atoms with Crippen LogP contribution in [0.25, 0.3) is 0 Å². The number of aromatic nitrogens is 2. The summed E-state index contributed by atoms with van der Waals surface area (Å²) in [6.45, 7) is 4.38. The predicted octanol–water partition coefficient (Wildman–Crippen LogP) is 1.59. The zero-order valence-electron chi connectivity index (χ0n) is 33.3. The van der Waals surface area contributed by atoms with E-state index < -0.39 is 45.4 Å². The van der Waals surface area contributed by atoms with Gasteiger partial charge in [0, 0.05) is 68.2 Å². The molecule has 3 aromatic rings. The maximum atomic E-state index is 13.6. The molecule has 1 unspecified atom stereocenters. The average Bonchev–Trinajstić information content (AvgIpc) is 3.48. The lowest BCUT2D eigenvalue weighted by Crippen LogP contribution is -2.54. The van der Waals surface area contributed by atoms with Gasteiger partial charge in [-0.25, -0.2) is 18.4 Å². The molecule has 5 aliphatic heterocycles. The summed E-state index contributed by atoms with van der Waals surface area (Å²) >= 11 is 0. The molecule has 0 spiro atoms. The highest BCUT2D eigenvalue weighted by atomic mass is 32.2. The van der Waals surface area contributed by atoms with E-state index in [0.717, 1.165) is 81.5 Å². The molecule has 5 aliphatic rings. The summed E-state index contributed by atoms with van der Waals surface area (Å²) in [5, 5.41) is 8.56. The van der Waals surface area contributed by atoms with Crippen LogP contribution < -0.4 is 31.5 Å². The minimum Gasteiger partial charge on any atom is -0.371 e. The lowest BCUT2D eigenvalue weighted by Gasteiger charge is -2.42. The molecular weight excluding hydrogens is 793 g/mol. The molecule has 316 valence electrons. The number of carbonyl (C=O) groups excluding carboxylic acids is 6. The van der Waals surface area contributed by atoms with E-state index in [1.54, 1.807) is 24.3 Å². The molecule has 2 aromatic carbocycles. The van der Waals surface area contributed by atoms with Crippen molar-refractivity contribution in [2.24, 2.45) is 11.7 Å². The first kappa shape index (κ1) is 40.8. The van der Waals surface area contributed by atoms with Crippen LogP contribution in [-0.4, -0.2) is 127 Å². The lowest BCUT2D eigenvalue weighted by atomic mass is 9.92. The number of nitrogens with two attached hydrogens (primary N) is 1. The molecule has 5 N–H and O–H groups in total. The molecule has 8 rings (SSSR count). The normalized spacial score (nSPS) is 22.1. The Morgan fingerprint density at radius 2 is 1.57 bits per heavy atom. The van der Waals surface area contributed by atoms with Crippen LogP contribution in [0.1, 0.15) is 82.6 Å². The number of fused-ring (bicyclic) bond motifs is 1. The van der Waals surface area contributed by atoms with Crippen molar-refractivity contribution >= 4 is 68.3 Å². The summed E-state index contributed by atoms with van der Waals surface area (Å²) in [5.41, 5.74) is 7.44. The number of amides is 6. The molecule has 0 saturated carbocycles. The average molecular weight is 841 g/mol. The Bertz CT molecular complexity index is 2340. The first-order valence-corrected chi connectivity index (χ1v) is 22.3. The fourth-order valence-corrected chi connectivity index (χ4v) is 9.65. The zero-order chi connectivity index (χ0) is 42.3. The molecule has 19 heteroatoms. The summed E-state index contributed by atoms with van der Waals surface area (Å²) in [7, 11) is -3.38. The number of piperidine rings is 4. The van der Waals surface area contributed by atoms with Crippen LogP contribution in [0, 0.1) is 5.92 Å². The standard InChI is InChI=1S/C41H48N10O8S/c1-60(58,59)29-7-4-25(5-8-29)44-37-35(36(42)53)43-22-33(46-37)50-16-2-3-26(23-50)45-38(54)24-12-17-48(18-13-24)27-14-19-49(20-15-27)28-6-9-30-31(21-28)41(57)51(40(30)56)32-10-11-34(52)47-39(32)55/h4-9,21-22,24,26-27,32H,2-3,10-20,23H2,1H3,(H2,42,53)(H,44,46)(H,45,54)(H,47,52,55)/t26-,32?/m1/s1. The van der Waals surface area contributed by atoms with Gasteiger partial charge in [0.1, 0.15) is 11.9 Å². The number of carbonyl (C=O) groups is 6. The number of nitrogens with one attached hydrogen (secondary N) is 3. The van der Waals surface area contributed by atoms with Crippen LogP contribution in [0.15, 0.2) is 53.6 Å². The third-order valence-corrected chi connectivity index (χ3v) is 13.4. The van der Waals surface area contributed by atoms with Crippen LogP contribution in [-0.2, 0) is 24.2 Å². The number of anilines is 4. The van der Waals surface area contributed by atoms with Crippen LogP contribution in [0.3, 0.4) is 0 Å². The van der Waals surface area contributed by atoms with Crippen molar-refractivity contribution in [1.29, 1.82) is 0 Å². The number of rotatable bonds is 10. The van der Waals surface area contributed by atoms with Crippen molar-refractivity contribution in [3.8, 4) is 0 Å². The third kappa shape index (κ3) is 8.40. The summed E-state index contributed by atoms with van der Waals surface area (Å²) in [4.78, 5) is 93.2. The zero-order valence-corrected chi connectivity index (χ0v) is 34.1. The molecule has 0 radical (unpaired) electrons. The van der Waals surface area contributed by atoms with Crippen LogP contribution in [0.5, 0.6) is 0 Å². The van der Waals surface area contributed by atoms with E-state index >= 15 is 0 Å². The predicted molar refractivity (Wildman–Crippen MR) is 219 cm³/mol. The van der Waals surface area contributed by atoms with Gasteiger partial charge in [-0.2, -0.15) is 0 Å². The summed E-state index contributed by atoms with van der Waals surface area (Å²) in [6.07, 6.45) is 7.78. The van der Waals surface area contributed by atoms with E-state index in [9.17, 15) is 37.2 Å². The molecule has 6 amide bonds. The molecular formula is C41H48N10O8S. The summed E-state index contributed by atoms with van der Waals surface area (Å²) in [5.74, 6) is -2.21. The maximum Gasteiger partial charge on any atom is 0.271 e. The fourth-order valence-electron chi connectivity index (χ4n) is 9.02. The Hall–Kier alpha value is -5.95. The lowest BCUT2D eigenvalue weighted by molar-refractivity contribution is -0.136. The topological polar surface area (TPSA) is 237 Å². The van der Waals surface area contributed by atoms with E-state index in [0.29, 0.717) is 30.6 Å². The van der Waals surface area contributed by atoms with Gasteiger partial charge in [0.15, 0.2) is 21.3 Å². The van der Waals surface area contributed by atoms with Gasteiger partial charge in [-0.05, 0) is 100 Å². The quantitative estimate of drug-likeness (QED) is 0.212. The summed E-state index contributed by atoms with van der Waals surface area (Å²) < 4.78 is 23.8. The number of hydrogen-bond donors (Lipinski definition) is 4. The second-order valence-electron chi connectivity index (χ2n) is 16.2. The highest BCUT2D eigenvalue weighted by Crippen LogP contribution is 2.33. The van der Waals surface area contributed by atoms with E-state index in [1.165, 1.54) is 18.3 Å². The number of sulfone groups is 1. The van der Waals surface area contributed by atoms with Crippen LogP contribution >= 0.6 is 0 Å². The van der Waals surface area contributed by atoms with E-state index in [-0.39, 0.29) is 58.2 Å². The molecule has 60 heavy (non-hydrogen) atoms. The molecule has 0 aliphatic carbocycles. The molecule has 4 fully saturated rings. The van der Waals surface area contributed by atoms with Gasteiger partial charge in [0.25, 0.3) is 17.7 Å². The third-order valence-electron chi connectivity index (χ3n) is 12.3. The van der Waals surface area contributed by atoms with Gasteiger partial charge in [0.05, 0.1) is 22.2 Å². The van der Waals surface area contributed by atoms with Crippen LogP contribution in [0.4, 0.5) is 23.0 Å². The number of imide groups is 2. The molecule has 1 aromatic heterocycles. The van der Waals surface area contributed by atoms with Gasteiger partial charge in [-0.1, -0.05) is 0 Å². The first-order chi connectivity index (χ1) is 28.7. The molecule has 2 atom stereocenters. The van der Waals surface area contributed by atoms with Crippen molar-refractivity contribution in [3.63, 3.8) is 0 Å². The molecule has 18 nitrogen and oxygen atoms in total. The van der Waals surface area contributed by atoms with Crippen molar-refractivity contribution in [1.82, 2.24) is 30.4 Å². The Morgan fingerprint density at radius 1 is 0.850 bits per heavy atom. The van der Waals surface area contributed by atoms with Crippen molar-refractivity contribution in [2.75, 3.05) is 60.6 Å². The van der Waals surface area contributed by atoms with Gasteiger partial charge < -0.3 is 31.1 Å². The monoisotopic (exact) mass is 840 g/mol. The second-order valence-corrected chi connectivity index (χ2v) is 18.2. The minimum absolute atomic E-state index is 0.0483. The highest BCUT2D eigenvalue weighted by Gasteiger charge is 2.45. The number of likely N-dealkylation sites (tertiary alicyclic amines) is 1. The van der Waals surface area contributed by atoms with Crippen LogP contribution in [0.2, 0.25) is 0 Å². The second kappa shape index (κ2) is 16.6. The highest BCUT2D eigenvalue weighted by molar-refractivity contribution is 7.90. The minimum atomic E-state index is -3.38. The fraction of sp³-hybridized carbons (Fsp3) is 0.463. The van der Waals surface area contributed by atoms with E-state index in [4.69, 9.17) is 5.73 Å². The van der Waals surface area contributed by atoms with Crippen molar-refractivity contribution < 1.29 is 37.2 Å². The molecule has 0 bridgehead atoms. The van der Waals surface area contributed by atoms with E-state index in [2.05, 4.69) is 35.7 Å². The number of primary amides is 1. The number of nitrogens with zero attached hydrogens (tertiary/aromatic N) is 6. The van der Waals surface area contributed by atoms with Gasteiger partial charge in [-0.3, -0.25) is 39.0 Å². The Labute approximate surface area is 347 Å². The van der Waals surface area contributed by atoms with Gasteiger partial charge in [-0.15, -0.1) is 0 Å². The number of hydrogen-bond acceptors (Lipinski definition) is 14. The summed E-state index contributed by atoms with van der Waals surface area (Å²) in [6, 6.07) is 10.6. The van der Waals surface area contributed by atoms with Gasteiger partial charge >= 0.3 is 0 Å². The SMILES string of the molecule is CS(=O)(=O)c1ccc(Nc2nc(N3CCC[C@@H](NC(=O)C4CCN(C5CCN(c6ccc7c(c6)C(=O)N(C6CCC(=O)NC6=O)C7=O)CC5)CC4)C3)cnc2C(N)=O)cc1. The van der Waals surface area contributed by atoms with Crippen molar-refractivity contribution in [2.45, 2.75) is 74.4 Å². The molecule has 4 saturated heterocycles. The number of benzene rings is 2. The van der Waals surface area contributed by atoms with Crippen molar-refractivity contribution in [3.05, 3.63) is 65.5 Å². The largest absolute Gasteiger partial charge is 0.371 e. The Morgan fingerprint density at radius 3 is 2.25 bits per heavy atom. The van der Waals surface area contributed by atoms with E-state index in [1.807, 2.05) is 11.0 Å².